The summed E-state index contributed by atoms with van der Waals surface area (Å²) in [6.45, 7) is 6.85. The van der Waals surface area contributed by atoms with Crippen molar-refractivity contribution in [2.24, 2.45) is 17.8 Å². The van der Waals surface area contributed by atoms with Crippen LogP contribution in [0.15, 0.2) is 0 Å². The van der Waals surface area contributed by atoms with Gasteiger partial charge in [-0.05, 0) is 38.5 Å². The third kappa shape index (κ3) is 6.47. The zero-order valence-electron chi connectivity index (χ0n) is 17.5. The second kappa shape index (κ2) is 10.8. The summed E-state index contributed by atoms with van der Waals surface area (Å²) in [4.78, 5) is 38.2. The monoisotopic (exact) mass is 396 g/mol. The first-order chi connectivity index (χ1) is 13.3. The Morgan fingerprint density at radius 3 is 2.18 bits per heavy atom. The van der Waals surface area contributed by atoms with E-state index in [0.717, 1.165) is 12.8 Å². The number of ether oxygens (including phenoxy) is 1. The van der Waals surface area contributed by atoms with Gasteiger partial charge in [0.2, 0.25) is 11.8 Å². The Morgan fingerprint density at radius 2 is 1.64 bits per heavy atom. The first-order valence-electron chi connectivity index (χ1n) is 10.7. The molecule has 7 nitrogen and oxygen atoms in total. The van der Waals surface area contributed by atoms with Gasteiger partial charge in [-0.2, -0.15) is 0 Å². The third-order valence-corrected chi connectivity index (χ3v) is 6.03. The highest BCUT2D eigenvalue weighted by molar-refractivity contribution is 5.89. The van der Waals surface area contributed by atoms with Crippen molar-refractivity contribution in [2.45, 2.75) is 77.9 Å². The maximum absolute atomic E-state index is 13.1. The van der Waals surface area contributed by atoms with Crippen LogP contribution in [0.4, 0.5) is 0 Å². The van der Waals surface area contributed by atoms with Crippen molar-refractivity contribution in [1.29, 1.82) is 0 Å². The van der Waals surface area contributed by atoms with Gasteiger partial charge in [-0.1, -0.05) is 33.1 Å². The first-order valence-corrected chi connectivity index (χ1v) is 10.7. The minimum Gasteiger partial charge on any atom is -0.481 e. The number of carboxylic acids is 1. The molecule has 1 heterocycles. The molecule has 7 heteroatoms. The molecule has 2 aliphatic rings. The quantitative estimate of drug-likeness (QED) is 0.657. The van der Waals surface area contributed by atoms with Crippen molar-refractivity contribution in [3.8, 4) is 0 Å². The van der Waals surface area contributed by atoms with Gasteiger partial charge in [0, 0.05) is 25.6 Å². The van der Waals surface area contributed by atoms with Crippen molar-refractivity contribution in [3.63, 3.8) is 0 Å². The van der Waals surface area contributed by atoms with Gasteiger partial charge in [0.1, 0.15) is 6.04 Å². The normalized spacial score (nSPS) is 21.4. The van der Waals surface area contributed by atoms with Crippen LogP contribution in [0.1, 0.15) is 65.7 Å². The van der Waals surface area contributed by atoms with Gasteiger partial charge in [0.05, 0.1) is 12.0 Å². The van der Waals surface area contributed by atoms with Crippen molar-refractivity contribution < 1.29 is 24.2 Å². The van der Waals surface area contributed by atoms with E-state index >= 15 is 0 Å². The predicted molar refractivity (Wildman–Crippen MR) is 106 cm³/mol. The maximum atomic E-state index is 13.1. The Labute approximate surface area is 168 Å². The molecule has 2 atom stereocenters. The standard InChI is InChI=1S/C21H36N2O5/c1-14(2)19(24)22-18(15(3)28-13-16-7-5-4-6-8-16)20(25)23-11-9-17(10-12-23)21(26)27/h14-18H,4-13H2,1-3H3,(H,22,24)(H,26,27). The Balaban J connectivity index is 1.97. The second-order valence-electron chi connectivity index (χ2n) is 8.62. The van der Waals surface area contributed by atoms with E-state index in [9.17, 15) is 14.4 Å². The van der Waals surface area contributed by atoms with Crippen molar-refractivity contribution in [2.75, 3.05) is 19.7 Å². The van der Waals surface area contributed by atoms with Gasteiger partial charge in [0.25, 0.3) is 0 Å². The average Bonchev–Trinajstić information content (AvgIpc) is 2.70. The number of carboxylic acid groups (broad SMARTS) is 1. The van der Waals surface area contributed by atoms with E-state index in [1.807, 2.05) is 6.92 Å². The number of carbonyl (C=O) groups is 3. The summed E-state index contributed by atoms with van der Waals surface area (Å²) >= 11 is 0. The van der Waals surface area contributed by atoms with Crippen molar-refractivity contribution in [1.82, 2.24) is 10.2 Å². The fourth-order valence-electron chi connectivity index (χ4n) is 3.98. The fraction of sp³-hybridized carbons (Fsp3) is 0.857. The van der Waals surface area contributed by atoms with Crippen LogP contribution in [0.5, 0.6) is 0 Å². The number of amides is 2. The van der Waals surface area contributed by atoms with E-state index in [1.165, 1.54) is 19.3 Å². The van der Waals surface area contributed by atoms with Crippen molar-refractivity contribution in [3.05, 3.63) is 0 Å². The number of hydrogen-bond acceptors (Lipinski definition) is 4. The molecule has 1 saturated heterocycles. The number of nitrogens with one attached hydrogen (secondary N) is 1. The van der Waals surface area contributed by atoms with Crippen molar-refractivity contribution >= 4 is 17.8 Å². The molecule has 0 aromatic carbocycles. The summed E-state index contributed by atoms with van der Waals surface area (Å²) in [5.74, 6) is -1.24. The zero-order valence-corrected chi connectivity index (χ0v) is 17.5. The molecule has 0 radical (unpaired) electrons. The van der Waals surface area contributed by atoms with E-state index in [-0.39, 0.29) is 17.7 Å². The summed E-state index contributed by atoms with van der Waals surface area (Å²) in [5.41, 5.74) is 0. The van der Waals surface area contributed by atoms with Gasteiger partial charge in [-0.15, -0.1) is 0 Å². The highest BCUT2D eigenvalue weighted by Crippen LogP contribution is 2.25. The molecule has 28 heavy (non-hydrogen) atoms. The predicted octanol–water partition coefficient (Wildman–Crippen LogP) is 2.44. The van der Waals surface area contributed by atoms with Gasteiger partial charge in [-0.3, -0.25) is 14.4 Å². The first kappa shape index (κ1) is 22.7. The van der Waals surface area contributed by atoms with E-state index in [4.69, 9.17) is 9.84 Å². The molecule has 0 bridgehead atoms. The van der Waals surface area contributed by atoms with Gasteiger partial charge in [0.15, 0.2) is 0 Å². The van der Waals surface area contributed by atoms with E-state index in [1.54, 1.807) is 18.7 Å². The lowest BCUT2D eigenvalue weighted by molar-refractivity contribution is -0.148. The minimum absolute atomic E-state index is 0.172. The highest BCUT2D eigenvalue weighted by Gasteiger charge is 2.35. The average molecular weight is 397 g/mol. The molecule has 1 aliphatic heterocycles. The fourth-order valence-corrected chi connectivity index (χ4v) is 3.98. The Bertz CT molecular complexity index is 537. The second-order valence-corrected chi connectivity index (χ2v) is 8.62. The lowest BCUT2D eigenvalue weighted by atomic mass is 9.90. The number of nitrogens with zero attached hydrogens (tertiary/aromatic N) is 1. The number of rotatable bonds is 8. The Kier molecular flexibility index (Phi) is 8.73. The van der Waals surface area contributed by atoms with Crippen LogP contribution < -0.4 is 5.32 Å². The summed E-state index contributed by atoms with van der Waals surface area (Å²) in [5, 5.41) is 12.0. The molecule has 1 saturated carbocycles. The molecule has 2 fully saturated rings. The lowest BCUT2D eigenvalue weighted by Gasteiger charge is -2.35. The number of carbonyl (C=O) groups excluding carboxylic acids is 2. The van der Waals surface area contributed by atoms with Crippen LogP contribution in [0.2, 0.25) is 0 Å². The molecular formula is C21H36N2O5. The molecule has 1 aliphatic carbocycles. The van der Waals surface area contributed by atoms with Gasteiger partial charge < -0.3 is 20.1 Å². The smallest absolute Gasteiger partial charge is 0.306 e. The summed E-state index contributed by atoms with van der Waals surface area (Å²) in [6.07, 6.45) is 6.53. The van der Waals surface area contributed by atoms with Gasteiger partial charge >= 0.3 is 5.97 Å². The molecule has 2 N–H and O–H groups in total. The summed E-state index contributed by atoms with van der Waals surface area (Å²) < 4.78 is 6.04. The molecular weight excluding hydrogens is 360 g/mol. The number of hydrogen-bond donors (Lipinski definition) is 2. The molecule has 0 aromatic rings. The van der Waals surface area contributed by atoms with E-state index < -0.39 is 24.0 Å². The van der Waals surface area contributed by atoms with Crippen LogP contribution >= 0.6 is 0 Å². The SMILES string of the molecule is CC(C)C(=O)NC(C(=O)N1CCC(C(=O)O)CC1)C(C)OCC1CCCCC1. The lowest BCUT2D eigenvalue weighted by Crippen LogP contribution is -2.56. The Morgan fingerprint density at radius 1 is 1.04 bits per heavy atom. The molecule has 2 amide bonds. The van der Waals surface area contributed by atoms with Crippen LogP contribution in [0, 0.1) is 17.8 Å². The molecule has 0 aromatic heterocycles. The Hall–Kier alpha value is -1.63. The topological polar surface area (TPSA) is 95.9 Å². The van der Waals surface area contributed by atoms with Crippen LogP contribution in [0.3, 0.4) is 0 Å². The number of aliphatic carboxylic acids is 1. The van der Waals surface area contributed by atoms with E-state index in [2.05, 4.69) is 5.32 Å². The third-order valence-electron chi connectivity index (χ3n) is 6.03. The van der Waals surface area contributed by atoms with Crippen LogP contribution in [-0.4, -0.2) is 59.6 Å². The highest BCUT2D eigenvalue weighted by atomic mass is 16.5. The number of piperidine rings is 1. The zero-order chi connectivity index (χ0) is 20.7. The number of likely N-dealkylation sites (tertiary alicyclic amines) is 1. The molecule has 160 valence electrons. The molecule has 2 rings (SSSR count). The van der Waals surface area contributed by atoms with Crippen LogP contribution in [-0.2, 0) is 19.1 Å². The largest absolute Gasteiger partial charge is 0.481 e. The van der Waals surface area contributed by atoms with E-state index in [0.29, 0.717) is 38.5 Å². The summed E-state index contributed by atoms with van der Waals surface area (Å²) in [6, 6.07) is -0.736. The maximum Gasteiger partial charge on any atom is 0.306 e. The van der Waals surface area contributed by atoms with Gasteiger partial charge in [-0.25, -0.2) is 0 Å². The molecule has 0 spiro atoms. The summed E-state index contributed by atoms with van der Waals surface area (Å²) in [7, 11) is 0. The minimum atomic E-state index is -0.805. The van der Waals surface area contributed by atoms with Crippen LogP contribution in [0.25, 0.3) is 0 Å². The molecule has 2 unspecified atom stereocenters.